The lowest BCUT2D eigenvalue weighted by molar-refractivity contribution is -0.121. The van der Waals surface area contributed by atoms with Gasteiger partial charge in [-0.25, -0.2) is 0 Å². The third kappa shape index (κ3) is 3.47. The van der Waals surface area contributed by atoms with E-state index in [0.29, 0.717) is 13.1 Å². The van der Waals surface area contributed by atoms with Gasteiger partial charge in [-0.15, -0.1) is 11.8 Å². The summed E-state index contributed by atoms with van der Waals surface area (Å²) < 4.78 is -0.165. The Hall–Kier alpha value is -1.04. The molecule has 0 radical (unpaired) electrons. The fourth-order valence-electron chi connectivity index (χ4n) is 3.19. The van der Waals surface area contributed by atoms with Crippen molar-refractivity contribution in [2.45, 2.75) is 42.7 Å². The third-order valence-corrected chi connectivity index (χ3v) is 6.12. The summed E-state index contributed by atoms with van der Waals surface area (Å²) in [4.78, 5) is 14.5. The zero-order chi connectivity index (χ0) is 15.6. The van der Waals surface area contributed by atoms with E-state index in [1.807, 2.05) is 24.5 Å². The van der Waals surface area contributed by atoms with Gasteiger partial charge in [-0.1, -0.05) is 30.3 Å². The zero-order valence-corrected chi connectivity index (χ0v) is 13.8. The Balaban J connectivity index is 1.56. The molecule has 2 N–H and O–H groups in total. The minimum atomic E-state index is -0.291. The second kappa shape index (κ2) is 6.60. The largest absolute Gasteiger partial charge is 0.392 e. The first-order valence-corrected chi connectivity index (χ1v) is 9.15. The van der Waals surface area contributed by atoms with Gasteiger partial charge in [-0.05, 0) is 31.1 Å². The Kier molecular flexibility index (Phi) is 4.76. The maximum absolute atomic E-state index is 12.2. The van der Waals surface area contributed by atoms with E-state index in [4.69, 9.17) is 0 Å². The monoisotopic (exact) mass is 320 g/mol. The molecule has 120 valence electrons. The number of aliphatic hydroxyl groups excluding tert-OH is 1. The predicted molar refractivity (Wildman–Crippen MR) is 89.8 cm³/mol. The maximum Gasteiger partial charge on any atom is 0.236 e. The van der Waals surface area contributed by atoms with Gasteiger partial charge in [0.2, 0.25) is 5.91 Å². The molecule has 0 bridgehead atoms. The molecule has 1 aliphatic carbocycles. The van der Waals surface area contributed by atoms with Gasteiger partial charge in [0.1, 0.15) is 0 Å². The highest BCUT2D eigenvalue weighted by molar-refractivity contribution is 8.01. The van der Waals surface area contributed by atoms with Crippen LogP contribution in [-0.2, 0) is 11.3 Å². The molecule has 2 aliphatic rings. The van der Waals surface area contributed by atoms with Crippen molar-refractivity contribution in [1.29, 1.82) is 0 Å². The number of aliphatic hydroxyl groups is 1. The van der Waals surface area contributed by atoms with E-state index in [0.717, 1.165) is 25.8 Å². The normalized spacial score (nSPS) is 26.8. The Bertz CT molecular complexity index is 519. The summed E-state index contributed by atoms with van der Waals surface area (Å²) in [6.45, 7) is 2.14. The molecule has 3 rings (SSSR count). The number of hydrogen-bond donors (Lipinski definition) is 2. The van der Waals surface area contributed by atoms with Crippen LogP contribution in [0, 0.1) is 0 Å². The Morgan fingerprint density at radius 1 is 1.41 bits per heavy atom. The maximum atomic E-state index is 12.2. The number of thioether (sulfide) groups is 1. The molecule has 1 heterocycles. The molecule has 1 aliphatic heterocycles. The van der Waals surface area contributed by atoms with Crippen LogP contribution in [0.5, 0.6) is 0 Å². The first kappa shape index (κ1) is 15.8. The van der Waals surface area contributed by atoms with Crippen molar-refractivity contribution in [2.24, 2.45) is 0 Å². The minimum absolute atomic E-state index is 0.165. The molecule has 0 spiro atoms. The highest BCUT2D eigenvalue weighted by atomic mass is 32.2. The van der Waals surface area contributed by atoms with E-state index in [-0.39, 0.29) is 22.8 Å². The highest BCUT2D eigenvalue weighted by Gasteiger charge is 2.49. The first-order valence-electron chi connectivity index (χ1n) is 7.92. The molecule has 1 amide bonds. The second-order valence-corrected chi connectivity index (χ2v) is 7.56. The highest BCUT2D eigenvalue weighted by Crippen LogP contribution is 2.47. The van der Waals surface area contributed by atoms with Crippen LogP contribution < -0.4 is 5.32 Å². The number of nitrogens with one attached hydrogen (secondary N) is 1. The molecule has 4 nitrogen and oxygen atoms in total. The molecule has 22 heavy (non-hydrogen) atoms. The van der Waals surface area contributed by atoms with Crippen molar-refractivity contribution in [2.75, 3.05) is 19.3 Å². The lowest BCUT2D eigenvalue weighted by atomic mass is 10.1. The summed E-state index contributed by atoms with van der Waals surface area (Å²) in [5, 5.41) is 13.1. The van der Waals surface area contributed by atoms with E-state index in [1.54, 1.807) is 11.8 Å². The van der Waals surface area contributed by atoms with Crippen molar-refractivity contribution in [3.8, 4) is 0 Å². The summed E-state index contributed by atoms with van der Waals surface area (Å²) in [5.74, 6) is 0.168. The van der Waals surface area contributed by atoms with Crippen LogP contribution >= 0.6 is 11.8 Å². The number of rotatable bonds is 6. The molecule has 2 atom stereocenters. The number of amides is 1. The van der Waals surface area contributed by atoms with Crippen molar-refractivity contribution >= 4 is 17.7 Å². The molecule has 1 aromatic rings. The van der Waals surface area contributed by atoms with Gasteiger partial charge >= 0.3 is 0 Å². The van der Waals surface area contributed by atoms with Gasteiger partial charge in [0.25, 0.3) is 0 Å². The molecule has 1 saturated carbocycles. The SMILES string of the molecule is CSC1(C(=O)NCC2CC(O)CN2Cc2ccccc2)CC1. The quantitative estimate of drug-likeness (QED) is 0.836. The van der Waals surface area contributed by atoms with Crippen LogP contribution in [0.4, 0.5) is 0 Å². The number of β-amino-alcohol motifs (C(OH)–C–C–N with tert-alkyl or cyclic N) is 1. The van der Waals surface area contributed by atoms with Crippen LogP contribution in [0.25, 0.3) is 0 Å². The van der Waals surface area contributed by atoms with Crippen LogP contribution in [0.15, 0.2) is 30.3 Å². The first-order chi connectivity index (χ1) is 10.6. The van der Waals surface area contributed by atoms with Gasteiger partial charge in [0.15, 0.2) is 0 Å². The average Bonchev–Trinajstić information content (AvgIpc) is 3.25. The molecule has 2 fully saturated rings. The number of likely N-dealkylation sites (tertiary alicyclic amines) is 1. The van der Waals surface area contributed by atoms with Gasteiger partial charge in [-0.2, -0.15) is 0 Å². The summed E-state index contributed by atoms with van der Waals surface area (Å²) >= 11 is 1.66. The predicted octanol–water partition coefficient (Wildman–Crippen LogP) is 1.63. The average molecular weight is 320 g/mol. The second-order valence-electron chi connectivity index (χ2n) is 6.37. The number of carbonyl (C=O) groups excluding carboxylic acids is 1. The van der Waals surface area contributed by atoms with Crippen LogP contribution in [0.2, 0.25) is 0 Å². The molecule has 1 saturated heterocycles. The van der Waals surface area contributed by atoms with Gasteiger partial charge in [-0.3, -0.25) is 9.69 Å². The molecular weight excluding hydrogens is 296 g/mol. The van der Waals surface area contributed by atoms with E-state index < -0.39 is 0 Å². The number of nitrogens with zero attached hydrogens (tertiary/aromatic N) is 1. The molecule has 2 unspecified atom stereocenters. The number of hydrogen-bond acceptors (Lipinski definition) is 4. The smallest absolute Gasteiger partial charge is 0.236 e. The van der Waals surface area contributed by atoms with Crippen LogP contribution in [0.3, 0.4) is 0 Å². The summed E-state index contributed by atoms with van der Waals surface area (Å²) in [6.07, 6.45) is 4.43. The molecular formula is C17H24N2O2S. The summed E-state index contributed by atoms with van der Waals surface area (Å²) in [7, 11) is 0. The Labute approximate surface area is 136 Å². The van der Waals surface area contributed by atoms with Crippen LogP contribution in [-0.4, -0.2) is 52.2 Å². The standard InChI is InChI=1S/C17H24N2O2S/c1-22-17(7-8-17)16(21)18-10-14-9-15(20)12-19(14)11-13-5-3-2-4-6-13/h2-6,14-15,20H,7-12H2,1H3,(H,18,21). The summed E-state index contributed by atoms with van der Waals surface area (Å²) in [6, 6.07) is 10.5. The molecule has 0 aromatic heterocycles. The molecule has 5 heteroatoms. The van der Waals surface area contributed by atoms with E-state index in [2.05, 4.69) is 22.3 Å². The lowest BCUT2D eigenvalue weighted by Gasteiger charge is -2.25. The van der Waals surface area contributed by atoms with Gasteiger partial charge in [0, 0.05) is 25.7 Å². The van der Waals surface area contributed by atoms with E-state index >= 15 is 0 Å². The Morgan fingerprint density at radius 2 is 2.14 bits per heavy atom. The zero-order valence-electron chi connectivity index (χ0n) is 13.0. The van der Waals surface area contributed by atoms with Gasteiger partial charge in [0.05, 0.1) is 10.9 Å². The van der Waals surface area contributed by atoms with Crippen molar-refractivity contribution in [3.05, 3.63) is 35.9 Å². The number of carbonyl (C=O) groups is 1. The van der Waals surface area contributed by atoms with E-state index in [1.165, 1.54) is 5.56 Å². The topological polar surface area (TPSA) is 52.6 Å². The lowest BCUT2D eigenvalue weighted by Crippen LogP contribution is -2.43. The van der Waals surface area contributed by atoms with Crippen molar-refractivity contribution in [3.63, 3.8) is 0 Å². The third-order valence-electron chi connectivity index (χ3n) is 4.74. The summed E-state index contributed by atoms with van der Waals surface area (Å²) in [5.41, 5.74) is 1.25. The van der Waals surface area contributed by atoms with Crippen molar-refractivity contribution in [1.82, 2.24) is 10.2 Å². The fraction of sp³-hybridized carbons (Fsp3) is 0.588. The van der Waals surface area contributed by atoms with E-state index in [9.17, 15) is 9.90 Å². The molecule has 1 aromatic carbocycles. The fourth-order valence-corrected chi connectivity index (χ4v) is 3.96. The minimum Gasteiger partial charge on any atom is -0.392 e. The van der Waals surface area contributed by atoms with Crippen molar-refractivity contribution < 1.29 is 9.90 Å². The Morgan fingerprint density at radius 3 is 2.77 bits per heavy atom. The van der Waals surface area contributed by atoms with Gasteiger partial charge < -0.3 is 10.4 Å². The number of benzene rings is 1. The van der Waals surface area contributed by atoms with Crippen LogP contribution in [0.1, 0.15) is 24.8 Å².